The quantitative estimate of drug-likeness (QED) is 0.682. The first-order valence-corrected chi connectivity index (χ1v) is 10.1. The van der Waals surface area contributed by atoms with Crippen LogP contribution in [0.15, 0.2) is 12.1 Å². The predicted octanol–water partition coefficient (Wildman–Crippen LogP) is 4.22. The Hall–Kier alpha value is -2.96. The van der Waals surface area contributed by atoms with E-state index < -0.39 is 5.97 Å². The minimum atomic E-state index is -0.423. The summed E-state index contributed by atoms with van der Waals surface area (Å²) in [4.78, 5) is 28.7. The number of aromatic amines is 1. The summed E-state index contributed by atoms with van der Waals surface area (Å²) in [6.07, 6.45) is 1.48. The van der Waals surface area contributed by atoms with Gasteiger partial charge in [-0.3, -0.25) is 4.79 Å². The Labute approximate surface area is 176 Å². The van der Waals surface area contributed by atoms with Crippen molar-refractivity contribution >= 4 is 11.8 Å². The number of esters is 1. The summed E-state index contributed by atoms with van der Waals surface area (Å²) in [5.74, 6) is 1.11. The predicted molar refractivity (Wildman–Crippen MR) is 112 cm³/mol. The summed E-state index contributed by atoms with van der Waals surface area (Å²) in [7, 11) is 4.68. The van der Waals surface area contributed by atoms with E-state index in [0.717, 1.165) is 17.7 Å². The molecule has 0 fully saturated rings. The maximum Gasteiger partial charge on any atom is 0.355 e. The van der Waals surface area contributed by atoms with E-state index in [1.54, 1.807) is 28.3 Å². The summed E-state index contributed by atoms with van der Waals surface area (Å²) in [5.41, 5.74) is 3.30. The molecule has 2 aromatic rings. The molecular formula is C23H29NO6. The van der Waals surface area contributed by atoms with E-state index in [9.17, 15) is 9.59 Å². The molecule has 0 aliphatic heterocycles. The van der Waals surface area contributed by atoms with Gasteiger partial charge in [-0.05, 0) is 55.9 Å². The minimum Gasteiger partial charge on any atom is -0.493 e. The third-order valence-corrected chi connectivity index (χ3v) is 5.73. The van der Waals surface area contributed by atoms with Crippen LogP contribution in [0.4, 0.5) is 0 Å². The fourth-order valence-corrected chi connectivity index (χ4v) is 3.94. The van der Waals surface area contributed by atoms with Crippen molar-refractivity contribution in [3.63, 3.8) is 0 Å². The van der Waals surface area contributed by atoms with E-state index in [1.165, 1.54) is 0 Å². The highest BCUT2D eigenvalue weighted by Crippen LogP contribution is 2.43. The number of carbonyl (C=O) groups is 2. The fraction of sp³-hybridized carbons (Fsp3) is 0.478. The second-order valence-corrected chi connectivity index (χ2v) is 7.59. The van der Waals surface area contributed by atoms with Crippen LogP contribution >= 0.6 is 0 Å². The number of benzene rings is 1. The summed E-state index contributed by atoms with van der Waals surface area (Å²) in [6.45, 7) is 5.60. The molecule has 162 valence electrons. The molecule has 7 heteroatoms. The molecule has 0 saturated carbocycles. The van der Waals surface area contributed by atoms with Gasteiger partial charge < -0.3 is 23.9 Å². The largest absolute Gasteiger partial charge is 0.493 e. The van der Waals surface area contributed by atoms with Crippen LogP contribution < -0.4 is 14.2 Å². The van der Waals surface area contributed by atoms with Crippen LogP contribution in [0.5, 0.6) is 17.2 Å². The number of ether oxygens (including phenoxy) is 4. The normalized spacial score (nSPS) is 16.6. The summed E-state index contributed by atoms with van der Waals surface area (Å²) in [5, 5.41) is 0. The molecular weight excluding hydrogens is 386 g/mol. The molecule has 1 aromatic carbocycles. The number of rotatable bonds is 7. The molecule has 1 aromatic heterocycles. The fourth-order valence-electron chi connectivity index (χ4n) is 3.94. The first kappa shape index (κ1) is 21.7. The van der Waals surface area contributed by atoms with Crippen molar-refractivity contribution in [2.75, 3.05) is 21.3 Å². The first-order chi connectivity index (χ1) is 14.3. The molecule has 30 heavy (non-hydrogen) atoms. The van der Waals surface area contributed by atoms with Crippen molar-refractivity contribution in [2.24, 2.45) is 0 Å². The molecule has 0 bridgehead atoms. The third-order valence-electron chi connectivity index (χ3n) is 5.73. The zero-order valence-corrected chi connectivity index (χ0v) is 18.4. The van der Waals surface area contributed by atoms with E-state index in [1.807, 2.05) is 26.0 Å². The second kappa shape index (κ2) is 8.81. The highest BCUT2D eigenvalue weighted by molar-refractivity contribution is 6.03. The number of hydrogen-bond donors (Lipinski definition) is 1. The molecule has 0 spiro atoms. The number of H-pyrrole nitrogens is 1. The molecule has 0 unspecified atom stereocenters. The van der Waals surface area contributed by atoms with Crippen LogP contribution in [-0.4, -0.2) is 44.2 Å². The number of aromatic nitrogens is 1. The number of methoxy groups -OCH3 is 3. The average molecular weight is 415 g/mol. The van der Waals surface area contributed by atoms with Crippen LogP contribution in [-0.2, 0) is 11.2 Å². The number of carbonyl (C=O) groups excluding carboxylic acids is 2. The lowest BCUT2D eigenvalue weighted by molar-refractivity contribution is 0.0327. The Morgan fingerprint density at radius 2 is 1.77 bits per heavy atom. The van der Waals surface area contributed by atoms with Crippen molar-refractivity contribution in [1.29, 1.82) is 0 Å². The van der Waals surface area contributed by atoms with E-state index >= 15 is 0 Å². The molecule has 3 rings (SSSR count). The molecule has 1 heterocycles. The molecule has 0 amide bonds. The van der Waals surface area contributed by atoms with Crippen molar-refractivity contribution in [3.8, 4) is 17.2 Å². The Morgan fingerprint density at radius 1 is 1.13 bits per heavy atom. The molecule has 7 nitrogen and oxygen atoms in total. The monoisotopic (exact) mass is 415 g/mol. The third kappa shape index (κ3) is 3.88. The van der Waals surface area contributed by atoms with E-state index in [0.29, 0.717) is 46.9 Å². The van der Waals surface area contributed by atoms with Crippen molar-refractivity contribution in [3.05, 3.63) is 40.2 Å². The molecule has 2 atom stereocenters. The van der Waals surface area contributed by atoms with Gasteiger partial charge in [-0.25, -0.2) is 4.79 Å². The van der Waals surface area contributed by atoms with Gasteiger partial charge in [0.2, 0.25) is 5.75 Å². The standard InChI is InChI=1S/C23H29NO6/c1-7-12(2)30-23(26)21-13(3)20-16(24-21)8-14(9-17(20)25)15-10-18(27-4)22(29-6)19(11-15)28-5/h10-12,14,24H,7-9H2,1-6H3/t12-,14-/m1/s1. The summed E-state index contributed by atoms with van der Waals surface area (Å²) >= 11 is 0. The van der Waals surface area contributed by atoms with Gasteiger partial charge in [0, 0.05) is 17.7 Å². The van der Waals surface area contributed by atoms with E-state index in [-0.39, 0.29) is 17.8 Å². The molecule has 0 saturated heterocycles. The van der Waals surface area contributed by atoms with Crippen LogP contribution in [0.3, 0.4) is 0 Å². The Bertz CT molecular complexity index is 936. The van der Waals surface area contributed by atoms with Gasteiger partial charge >= 0.3 is 5.97 Å². The van der Waals surface area contributed by atoms with Gasteiger partial charge in [-0.2, -0.15) is 0 Å². The first-order valence-electron chi connectivity index (χ1n) is 10.1. The van der Waals surface area contributed by atoms with Crippen molar-refractivity contribution in [1.82, 2.24) is 4.98 Å². The maximum absolute atomic E-state index is 13.0. The van der Waals surface area contributed by atoms with Crippen molar-refractivity contribution in [2.45, 2.75) is 52.1 Å². The molecule has 1 aliphatic carbocycles. The molecule has 0 radical (unpaired) electrons. The lowest BCUT2D eigenvalue weighted by Crippen LogP contribution is -2.19. The zero-order valence-electron chi connectivity index (χ0n) is 18.4. The lowest BCUT2D eigenvalue weighted by Gasteiger charge is -2.24. The number of hydrogen-bond acceptors (Lipinski definition) is 6. The van der Waals surface area contributed by atoms with E-state index in [4.69, 9.17) is 18.9 Å². The molecule has 1 N–H and O–H groups in total. The second-order valence-electron chi connectivity index (χ2n) is 7.59. The highest BCUT2D eigenvalue weighted by Gasteiger charge is 2.33. The summed E-state index contributed by atoms with van der Waals surface area (Å²) < 4.78 is 21.7. The number of fused-ring (bicyclic) bond motifs is 1. The smallest absolute Gasteiger partial charge is 0.355 e. The van der Waals surface area contributed by atoms with E-state index in [2.05, 4.69) is 4.98 Å². The van der Waals surface area contributed by atoms with Gasteiger partial charge in [0.25, 0.3) is 0 Å². The minimum absolute atomic E-state index is 0.00587. The SMILES string of the molecule is CC[C@@H](C)OC(=O)c1[nH]c2c(c1C)C(=O)C[C@H](c1cc(OC)c(OC)c(OC)c1)C2. The lowest BCUT2D eigenvalue weighted by atomic mass is 9.81. The Morgan fingerprint density at radius 3 is 2.30 bits per heavy atom. The van der Waals surface area contributed by atoms with Crippen LogP contribution in [0.25, 0.3) is 0 Å². The number of ketones is 1. The number of nitrogens with one attached hydrogen (secondary N) is 1. The van der Waals surface area contributed by atoms with Crippen molar-refractivity contribution < 1.29 is 28.5 Å². The highest BCUT2D eigenvalue weighted by atomic mass is 16.5. The zero-order chi connectivity index (χ0) is 22.0. The summed E-state index contributed by atoms with van der Waals surface area (Å²) in [6, 6.07) is 3.75. The maximum atomic E-state index is 13.0. The van der Waals surface area contributed by atoms with Gasteiger partial charge in [-0.1, -0.05) is 6.92 Å². The Balaban J connectivity index is 1.95. The average Bonchev–Trinajstić information content (AvgIpc) is 3.09. The number of Topliss-reactive ketones (excluding diaryl/α,β-unsaturated/α-hetero) is 1. The van der Waals surface area contributed by atoms with Gasteiger partial charge in [0.05, 0.1) is 27.4 Å². The van der Waals surface area contributed by atoms with Gasteiger partial charge in [0.15, 0.2) is 17.3 Å². The molecule has 1 aliphatic rings. The van der Waals surface area contributed by atoms with Gasteiger partial charge in [-0.15, -0.1) is 0 Å². The topological polar surface area (TPSA) is 86.9 Å². The van der Waals surface area contributed by atoms with Gasteiger partial charge in [0.1, 0.15) is 5.69 Å². The van der Waals surface area contributed by atoms with Crippen LogP contribution in [0, 0.1) is 6.92 Å². The van der Waals surface area contributed by atoms with Crippen LogP contribution in [0.1, 0.15) is 70.3 Å². The Kier molecular flexibility index (Phi) is 6.39. The van der Waals surface area contributed by atoms with Crippen LogP contribution in [0.2, 0.25) is 0 Å².